The molecule has 0 aromatic carbocycles. The molecule has 3 aromatic rings. The number of hydrogen-bond acceptors (Lipinski definition) is 6. The van der Waals surface area contributed by atoms with Gasteiger partial charge in [0.15, 0.2) is 11.5 Å². The van der Waals surface area contributed by atoms with Crippen molar-refractivity contribution in [1.82, 2.24) is 25.1 Å². The molecular weight excluding hydrogens is 385 g/mol. The van der Waals surface area contributed by atoms with Gasteiger partial charge in [-0.1, -0.05) is 0 Å². The molecule has 4 rings (SSSR count). The highest BCUT2D eigenvalue weighted by molar-refractivity contribution is 5.58. The van der Waals surface area contributed by atoms with Gasteiger partial charge < -0.3 is 9.64 Å². The van der Waals surface area contributed by atoms with Gasteiger partial charge in [0.05, 0.1) is 24.9 Å². The van der Waals surface area contributed by atoms with Gasteiger partial charge in [-0.3, -0.25) is 10.1 Å². The van der Waals surface area contributed by atoms with Crippen LogP contribution in [0.25, 0.3) is 11.4 Å². The number of aromatic amines is 1. The molecule has 0 spiro atoms. The quantitative estimate of drug-likeness (QED) is 0.720. The Bertz CT molecular complexity index is 985. The van der Waals surface area contributed by atoms with Crippen molar-refractivity contribution in [2.75, 3.05) is 24.7 Å². The summed E-state index contributed by atoms with van der Waals surface area (Å²) in [6, 6.07) is 3.86. The molecule has 29 heavy (non-hydrogen) atoms. The minimum Gasteiger partial charge on any atom is -0.377 e. The number of nitrogens with zero attached hydrogens (tertiary/aromatic N) is 5. The van der Waals surface area contributed by atoms with Gasteiger partial charge in [-0.05, 0) is 26.0 Å². The van der Waals surface area contributed by atoms with Crippen molar-refractivity contribution >= 4 is 5.82 Å². The standard InChI is InChI=1S/C19H19F3N6O/c1-11-17(12(2)27-26-11)14-10-29-8-7-28(14)16-9-15(19(20,21)22)24-18(25-16)13-3-5-23-6-4-13/h3-6,9,14H,7-8,10H2,1-2H3,(H,26,27). The average Bonchev–Trinajstić information content (AvgIpc) is 3.05. The molecule has 1 fully saturated rings. The molecule has 1 saturated heterocycles. The topological polar surface area (TPSA) is 79.8 Å². The Morgan fingerprint density at radius 3 is 2.59 bits per heavy atom. The summed E-state index contributed by atoms with van der Waals surface area (Å²) in [5.41, 5.74) is 2.01. The van der Waals surface area contributed by atoms with E-state index in [2.05, 4.69) is 25.1 Å². The lowest BCUT2D eigenvalue weighted by Crippen LogP contribution is -2.40. The summed E-state index contributed by atoms with van der Waals surface area (Å²) in [6.07, 6.45) is -1.61. The summed E-state index contributed by atoms with van der Waals surface area (Å²) in [4.78, 5) is 13.9. The van der Waals surface area contributed by atoms with Gasteiger partial charge in [0.2, 0.25) is 0 Å². The van der Waals surface area contributed by atoms with Gasteiger partial charge >= 0.3 is 6.18 Å². The summed E-state index contributed by atoms with van der Waals surface area (Å²) >= 11 is 0. The van der Waals surface area contributed by atoms with Crippen LogP contribution in [0.2, 0.25) is 0 Å². The maximum absolute atomic E-state index is 13.6. The van der Waals surface area contributed by atoms with E-state index < -0.39 is 11.9 Å². The fourth-order valence-corrected chi connectivity index (χ4v) is 3.52. The largest absolute Gasteiger partial charge is 0.433 e. The van der Waals surface area contributed by atoms with Gasteiger partial charge in [-0.2, -0.15) is 18.3 Å². The number of H-pyrrole nitrogens is 1. The summed E-state index contributed by atoms with van der Waals surface area (Å²) in [5, 5.41) is 7.14. The van der Waals surface area contributed by atoms with Gasteiger partial charge in [0.1, 0.15) is 5.82 Å². The number of ether oxygens (including phenoxy) is 1. The van der Waals surface area contributed by atoms with Crippen LogP contribution in [0.1, 0.15) is 28.7 Å². The molecule has 10 heteroatoms. The van der Waals surface area contributed by atoms with Crippen molar-refractivity contribution < 1.29 is 17.9 Å². The zero-order valence-electron chi connectivity index (χ0n) is 15.9. The van der Waals surface area contributed by atoms with Crippen molar-refractivity contribution in [1.29, 1.82) is 0 Å². The molecule has 1 atom stereocenters. The Hall–Kier alpha value is -3.01. The third-order valence-corrected chi connectivity index (χ3v) is 4.88. The normalized spacial score (nSPS) is 17.6. The van der Waals surface area contributed by atoms with E-state index in [1.165, 1.54) is 12.4 Å². The molecule has 1 aliphatic heterocycles. The molecule has 0 aliphatic carbocycles. The second-order valence-electron chi connectivity index (χ2n) is 6.80. The van der Waals surface area contributed by atoms with Crippen LogP contribution in [0.15, 0.2) is 30.6 Å². The van der Waals surface area contributed by atoms with E-state index in [0.717, 1.165) is 23.0 Å². The summed E-state index contributed by atoms with van der Waals surface area (Å²) < 4.78 is 46.3. The second kappa shape index (κ2) is 7.43. The molecule has 0 bridgehead atoms. The number of rotatable bonds is 3. The van der Waals surface area contributed by atoms with Crippen molar-refractivity contribution in [3.8, 4) is 11.4 Å². The molecule has 4 heterocycles. The Kier molecular flexibility index (Phi) is 4.95. The van der Waals surface area contributed by atoms with E-state index in [0.29, 0.717) is 25.3 Å². The Labute approximate surface area is 165 Å². The Morgan fingerprint density at radius 1 is 1.17 bits per heavy atom. The number of nitrogens with one attached hydrogen (secondary N) is 1. The monoisotopic (exact) mass is 404 g/mol. The van der Waals surface area contributed by atoms with Crippen molar-refractivity contribution in [3.05, 3.63) is 53.2 Å². The van der Waals surface area contributed by atoms with Crippen LogP contribution in [-0.4, -0.2) is 44.9 Å². The van der Waals surface area contributed by atoms with E-state index in [1.807, 2.05) is 18.7 Å². The van der Waals surface area contributed by atoms with Crippen molar-refractivity contribution in [3.63, 3.8) is 0 Å². The highest BCUT2D eigenvalue weighted by atomic mass is 19.4. The third-order valence-electron chi connectivity index (χ3n) is 4.88. The number of halogens is 3. The number of aryl methyl sites for hydroxylation is 2. The Morgan fingerprint density at radius 2 is 1.93 bits per heavy atom. The third kappa shape index (κ3) is 3.80. The van der Waals surface area contributed by atoms with E-state index in [1.54, 1.807) is 12.1 Å². The first-order valence-corrected chi connectivity index (χ1v) is 9.07. The molecule has 152 valence electrons. The van der Waals surface area contributed by atoms with Gasteiger partial charge in [0, 0.05) is 41.8 Å². The number of morpholine rings is 1. The molecule has 0 radical (unpaired) electrons. The zero-order chi connectivity index (χ0) is 20.6. The van der Waals surface area contributed by atoms with Crippen LogP contribution < -0.4 is 4.90 Å². The zero-order valence-corrected chi connectivity index (χ0v) is 15.9. The molecule has 1 unspecified atom stereocenters. The Balaban J connectivity index is 1.84. The molecular formula is C19H19F3N6O. The van der Waals surface area contributed by atoms with Gasteiger partial charge in [-0.15, -0.1) is 0 Å². The predicted octanol–water partition coefficient (Wildman–Crippen LogP) is 3.48. The molecule has 0 amide bonds. The molecule has 1 N–H and O–H groups in total. The summed E-state index contributed by atoms with van der Waals surface area (Å²) in [7, 11) is 0. The minimum atomic E-state index is -4.59. The fourth-order valence-electron chi connectivity index (χ4n) is 3.52. The van der Waals surface area contributed by atoms with Crippen LogP contribution in [0.3, 0.4) is 0 Å². The number of alkyl halides is 3. The smallest absolute Gasteiger partial charge is 0.377 e. The maximum atomic E-state index is 13.6. The van der Waals surface area contributed by atoms with Gasteiger partial charge in [-0.25, -0.2) is 9.97 Å². The SMILES string of the molecule is Cc1n[nH]c(C)c1C1COCCN1c1cc(C(F)(F)F)nc(-c2ccncc2)n1. The van der Waals surface area contributed by atoms with Crippen LogP contribution >= 0.6 is 0 Å². The maximum Gasteiger partial charge on any atom is 0.433 e. The minimum absolute atomic E-state index is 0.00287. The fraction of sp³-hybridized carbons (Fsp3) is 0.368. The van der Waals surface area contributed by atoms with Crippen LogP contribution in [0, 0.1) is 13.8 Å². The lowest BCUT2D eigenvalue weighted by Gasteiger charge is -2.37. The molecule has 3 aromatic heterocycles. The number of anilines is 1. The highest BCUT2D eigenvalue weighted by Gasteiger charge is 2.36. The van der Waals surface area contributed by atoms with E-state index in [9.17, 15) is 13.2 Å². The van der Waals surface area contributed by atoms with Crippen LogP contribution in [0.4, 0.5) is 19.0 Å². The lowest BCUT2D eigenvalue weighted by molar-refractivity contribution is -0.141. The second-order valence-corrected chi connectivity index (χ2v) is 6.80. The van der Waals surface area contributed by atoms with E-state index >= 15 is 0 Å². The summed E-state index contributed by atoms with van der Waals surface area (Å²) in [5.74, 6) is 0.204. The lowest BCUT2D eigenvalue weighted by atomic mass is 10.0. The van der Waals surface area contributed by atoms with E-state index in [4.69, 9.17) is 4.74 Å². The summed E-state index contributed by atoms with van der Waals surface area (Å²) in [6.45, 7) is 4.86. The van der Waals surface area contributed by atoms with Crippen molar-refractivity contribution in [2.45, 2.75) is 26.1 Å². The van der Waals surface area contributed by atoms with E-state index in [-0.39, 0.29) is 17.7 Å². The molecule has 0 saturated carbocycles. The number of pyridine rings is 1. The number of hydrogen-bond donors (Lipinski definition) is 1. The molecule has 7 nitrogen and oxygen atoms in total. The van der Waals surface area contributed by atoms with Crippen LogP contribution in [0.5, 0.6) is 0 Å². The average molecular weight is 404 g/mol. The van der Waals surface area contributed by atoms with Crippen molar-refractivity contribution in [2.24, 2.45) is 0 Å². The number of aromatic nitrogens is 5. The molecule has 1 aliphatic rings. The van der Waals surface area contributed by atoms with Crippen LogP contribution in [-0.2, 0) is 10.9 Å². The van der Waals surface area contributed by atoms with Gasteiger partial charge in [0.25, 0.3) is 0 Å². The first kappa shape index (κ1) is 19.3. The first-order valence-electron chi connectivity index (χ1n) is 9.07. The first-order chi connectivity index (χ1) is 13.8. The predicted molar refractivity (Wildman–Crippen MR) is 99.2 cm³/mol. The highest BCUT2D eigenvalue weighted by Crippen LogP contribution is 2.36.